The highest BCUT2D eigenvalue weighted by Gasteiger charge is 2.31. The number of anilines is 3. The molecule has 1 aromatic heterocycles. The van der Waals surface area contributed by atoms with E-state index in [1.54, 1.807) is 24.3 Å². The Hall–Kier alpha value is -3.36. The molecule has 1 heterocycles. The van der Waals surface area contributed by atoms with Crippen molar-refractivity contribution in [2.45, 2.75) is 44.5 Å². The minimum atomic E-state index is -4.78. The van der Waals surface area contributed by atoms with E-state index in [1.165, 1.54) is 36.8 Å². The van der Waals surface area contributed by atoms with E-state index in [0.29, 0.717) is 28.7 Å². The molecule has 1 fully saturated rings. The second-order valence-electron chi connectivity index (χ2n) is 7.65. The highest BCUT2D eigenvalue weighted by molar-refractivity contribution is 5.68. The third kappa shape index (κ3) is 6.09. The average molecular weight is 446 g/mol. The Morgan fingerprint density at radius 2 is 1.66 bits per heavy atom. The number of ether oxygens (including phenoxy) is 1. The predicted molar refractivity (Wildman–Crippen MR) is 114 cm³/mol. The highest BCUT2D eigenvalue weighted by Crippen LogP contribution is 2.30. The van der Waals surface area contributed by atoms with Crippen LogP contribution in [0.25, 0.3) is 11.3 Å². The van der Waals surface area contributed by atoms with Crippen molar-refractivity contribution < 1.29 is 22.3 Å². The molecule has 1 aliphatic rings. The fourth-order valence-corrected chi connectivity index (χ4v) is 3.69. The van der Waals surface area contributed by atoms with E-state index in [0.717, 1.165) is 25.7 Å². The van der Waals surface area contributed by atoms with Crippen LogP contribution in [-0.2, 0) is 0 Å². The molecular formula is C23H22F4N4O. The summed E-state index contributed by atoms with van der Waals surface area (Å²) in [6, 6.07) is 13.3. The molecule has 3 aromatic rings. The van der Waals surface area contributed by atoms with Gasteiger partial charge >= 0.3 is 6.36 Å². The first kappa shape index (κ1) is 21.9. The minimum absolute atomic E-state index is 0.234. The lowest BCUT2D eigenvalue weighted by molar-refractivity contribution is -0.274. The molecule has 2 aromatic carbocycles. The van der Waals surface area contributed by atoms with Crippen LogP contribution in [0.1, 0.15) is 32.1 Å². The van der Waals surface area contributed by atoms with Crippen LogP contribution >= 0.6 is 0 Å². The number of hydrogen-bond donors (Lipinski definition) is 2. The molecule has 1 aliphatic carbocycles. The summed E-state index contributed by atoms with van der Waals surface area (Å²) in [5.41, 5.74) is 1.49. The molecule has 0 aliphatic heterocycles. The van der Waals surface area contributed by atoms with Gasteiger partial charge in [0, 0.05) is 23.4 Å². The van der Waals surface area contributed by atoms with Crippen LogP contribution in [0.3, 0.4) is 0 Å². The third-order valence-corrected chi connectivity index (χ3v) is 5.14. The van der Waals surface area contributed by atoms with Gasteiger partial charge in [0.05, 0.1) is 5.69 Å². The van der Waals surface area contributed by atoms with Crippen molar-refractivity contribution in [3.63, 3.8) is 0 Å². The Kier molecular flexibility index (Phi) is 6.43. The van der Waals surface area contributed by atoms with Crippen LogP contribution in [0.5, 0.6) is 5.75 Å². The summed E-state index contributed by atoms with van der Waals surface area (Å²) in [6.45, 7) is 0. The van der Waals surface area contributed by atoms with Crippen LogP contribution in [0.4, 0.5) is 35.0 Å². The highest BCUT2D eigenvalue weighted by atomic mass is 19.4. The first-order valence-corrected chi connectivity index (χ1v) is 10.4. The second-order valence-corrected chi connectivity index (χ2v) is 7.65. The number of rotatable bonds is 6. The maximum absolute atomic E-state index is 13.2. The minimum Gasteiger partial charge on any atom is -0.406 e. The fourth-order valence-electron chi connectivity index (χ4n) is 3.69. The van der Waals surface area contributed by atoms with Gasteiger partial charge in [-0.2, -0.15) is 4.98 Å². The van der Waals surface area contributed by atoms with Crippen LogP contribution in [-0.4, -0.2) is 22.4 Å². The van der Waals surface area contributed by atoms with Gasteiger partial charge in [0.25, 0.3) is 0 Å². The van der Waals surface area contributed by atoms with Gasteiger partial charge in [0.1, 0.15) is 17.4 Å². The number of hydrogen-bond acceptors (Lipinski definition) is 5. The zero-order valence-corrected chi connectivity index (χ0v) is 17.1. The molecule has 2 N–H and O–H groups in total. The van der Waals surface area contributed by atoms with E-state index in [9.17, 15) is 17.6 Å². The summed E-state index contributed by atoms with van der Waals surface area (Å²) in [5.74, 6) is 0.117. The first-order valence-electron chi connectivity index (χ1n) is 10.4. The van der Waals surface area contributed by atoms with Crippen molar-refractivity contribution in [3.05, 3.63) is 60.4 Å². The van der Waals surface area contributed by atoms with E-state index in [1.807, 2.05) is 0 Å². The van der Waals surface area contributed by atoms with E-state index < -0.39 is 6.36 Å². The molecule has 0 spiro atoms. The van der Waals surface area contributed by atoms with E-state index >= 15 is 0 Å². The number of nitrogens with one attached hydrogen (secondary N) is 2. The molecule has 0 amide bonds. The van der Waals surface area contributed by atoms with Crippen molar-refractivity contribution in [1.82, 2.24) is 9.97 Å². The predicted octanol–water partition coefficient (Wildman–Crippen LogP) is 6.67. The summed E-state index contributed by atoms with van der Waals surface area (Å²) in [4.78, 5) is 9.05. The SMILES string of the molecule is Fc1ccc(Nc2cc(-c3cccc(OC(F)(F)F)c3)nc(NC3CCCCC3)n2)cc1. The number of alkyl halides is 3. The summed E-state index contributed by atoms with van der Waals surface area (Å²) in [7, 11) is 0. The monoisotopic (exact) mass is 446 g/mol. The van der Waals surface area contributed by atoms with E-state index in [2.05, 4.69) is 25.3 Å². The van der Waals surface area contributed by atoms with Crippen LogP contribution < -0.4 is 15.4 Å². The topological polar surface area (TPSA) is 59.1 Å². The quantitative estimate of drug-likeness (QED) is 0.414. The number of halogens is 4. The lowest BCUT2D eigenvalue weighted by atomic mass is 9.96. The summed E-state index contributed by atoms with van der Waals surface area (Å²) in [6.07, 6.45) is 0.659. The Morgan fingerprint density at radius 1 is 0.906 bits per heavy atom. The van der Waals surface area contributed by atoms with Crippen molar-refractivity contribution in [3.8, 4) is 17.0 Å². The van der Waals surface area contributed by atoms with Gasteiger partial charge in [-0.3, -0.25) is 0 Å². The second kappa shape index (κ2) is 9.42. The van der Waals surface area contributed by atoms with Gasteiger partial charge in [0.2, 0.25) is 5.95 Å². The number of nitrogens with zero attached hydrogens (tertiary/aromatic N) is 2. The van der Waals surface area contributed by atoms with Crippen LogP contribution in [0.2, 0.25) is 0 Å². The van der Waals surface area contributed by atoms with Crippen molar-refractivity contribution in [2.75, 3.05) is 10.6 Å². The molecule has 5 nitrogen and oxygen atoms in total. The van der Waals surface area contributed by atoms with E-state index in [-0.39, 0.29) is 17.6 Å². The van der Waals surface area contributed by atoms with Crippen LogP contribution in [0.15, 0.2) is 54.6 Å². The smallest absolute Gasteiger partial charge is 0.406 e. The van der Waals surface area contributed by atoms with Gasteiger partial charge in [-0.1, -0.05) is 31.4 Å². The normalized spacial score (nSPS) is 14.8. The molecule has 1 saturated carbocycles. The molecule has 4 rings (SSSR count). The maximum atomic E-state index is 13.2. The lowest BCUT2D eigenvalue weighted by Gasteiger charge is -2.23. The van der Waals surface area contributed by atoms with Crippen LogP contribution in [0, 0.1) is 5.82 Å². The number of benzene rings is 2. The molecule has 0 bridgehead atoms. The summed E-state index contributed by atoms with van der Waals surface area (Å²) in [5, 5.41) is 6.45. The Labute approximate surface area is 182 Å². The standard InChI is InChI=1S/C23H22F4N4O/c24-16-9-11-18(12-10-16)28-21-14-20(15-5-4-8-19(13-15)32-23(25,26)27)30-22(31-21)29-17-6-2-1-3-7-17/h4-5,8-14,17H,1-3,6-7H2,(H2,28,29,30,31). The molecule has 0 saturated heterocycles. The molecule has 32 heavy (non-hydrogen) atoms. The zero-order valence-electron chi connectivity index (χ0n) is 17.1. The van der Waals surface area contributed by atoms with Gasteiger partial charge < -0.3 is 15.4 Å². The molecule has 0 atom stereocenters. The summed E-state index contributed by atoms with van der Waals surface area (Å²) >= 11 is 0. The summed E-state index contributed by atoms with van der Waals surface area (Å²) < 4.78 is 55.2. The van der Waals surface area contributed by atoms with Crippen molar-refractivity contribution in [2.24, 2.45) is 0 Å². The Bertz CT molecular complexity index is 1050. The Balaban J connectivity index is 1.66. The molecule has 0 radical (unpaired) electrons. The fraction of sp³-hybridized carbons (Fsp3) is 0.304. The van der Waals surface area contributed by atoms with Gasteiger partial charge in [0.15, 0.2) is 0 Å². The molecule has 0 unspecified atom stereocenters. The van der Waals surface area contributed by atoms with Crippen molar-refractivity contribution in [1.29, 1.82) is 0 Å². The third-order valence-electron chi connectivity index (χ3n) is 5.14. The molecule has 168 valence electrons. The zero-order chi connectivity index (χ0) is 22.6. The first-order chi connectivity index (χ1) is 15.3. The maximum Gasteiger partial charge on any atom is 0.573 e. The molecular weight excluding hydrogens is 424 g/mol. The van der Waals surface area contributed by atoms with Gasteiger partial charge in [-0.05, 0) is 49.2 Å². The number of aromatic nitrogens is 2. The van der Waals surface area contributed by atoms with Gasteiger partial charge in [-0.15, -0.1) is 13.2 Å². The largest absolute Gasteiger partial charge is 0.573 e. The average Bonchev–Trinajstić information content (AvgIpc) is 2.75. The van der Waals surface area contributed by atoms with Crippen molar-refractivity contribution >= 4 is 17.5 Å². The lowest BCUT2D eigenvalue weighted by Crippen LogP contribution is -2.23. The van der Waals surface area contributed by atoms with Gasteiger partial charge in [-0.25, -0.2) is 9.37 Å². The van der Waals surface area contributed by atoms with E-state index in [4.69, 9.17) is 0 Å². The Morgan fingerprint density at radius 3 is 2.38 bits per heavy atom. The molecule has 9 heteroatoms.